The van der Waals surface area contributed by atoms with Crippen LogP contribution < -0.4 is 15.4 Å². The van der Waals surface area contributed by atoms with E-state index in [0.29, 0.717) is 29.4 Å². The molecule has 0 saturated heterocycles. The number of thioether (sulfide) groups is 1. The summed E-state index contributed by atoms with van der Waals surface area (Å²) in [5.74, 6) is 3.31. The summed E-state index contributed by atoms with van der Waals surface area (Å²) in [6.07, 6.45) is 1.70. The third-order valence-electron chi connectivity index (χ3n) is 4.27. The van der Waals surface area contributed by atoms with Gasteiger partial charge in [0.2, 0.25) is 5.88 Å². The van der Waals surface area contributed by atoms with Crippen molar-refractivity contribution in [3.63, 3.8) is 0 Å². The predicted octanol–water partition coefficient (Wildman–Crippen LogP) is 4.14. The maximum absolute atomic E-state index is 5.92. The van der Waals surface area contributed by atoms with Crippen molar-refractivity contribution in [3.8, 4) is 11.6 Å². The summed E-state index contributed by atoms with van der Waals surface area (Å²) in [5, 5.41) is 8.65. The summed E-state index contributed by atoms with van der Waals surface area (Å²) >= 11 is 1.58. The van der Waals surface area contributed by atoms with E-state index in [1.807, 2.05) is 47.9 Å². The molecule has 2 N–H and O–H groups in total. The lowest BCUT2D eigenvalue weighted by Gasteiger charge is -2.15. The van der Waals surface area contributed by atoms with Gasteiger partial charge in [0.05, 0.1) is 29.7 Å². The second-order valence-electron chi connectivity index (χ2n) is 6.60. The largest absolute Gasteiger partial charge is 0.438 e. The minimum atomic E-state index is 0.404. The van der Waals surface area contributed by atoms with Gasteiger partial charge < -0.3 is 15.4 Å². The van der Waals surface area contributed by atoms with Crippen LogP contribution in [0, 0.1) is 5.92 Å². The van der Waals surface area contributed by atoms with E-state index in [-0.39, 0.29) is 0 Å². The third kappa shape index (κ3) is 5.36. The highest BCUT2D eigenvalue weighted by Gasteiger charge is 2.19. The molecule has 0 saturated carbocycles. The van der Waals surface area contributed by atoms with Crippen molar-refractivity contribution < 1.29 is 4.74 Å². The Morgan fingerprint density at radius 2 is 2.18 bits per heavy atom. The minimum absolute atomic E-state index is 0.404. The molecule has 146 valence electrons. The van der Waals surface area contributed by atoms with Crippen molar-refractivity contribution in [1.29, 1.82) is 0 Å². The molecule has 0 amide bonds. The SMILES string of the molecule is C=N/C(=C\SCNC1=NCC(C(C)C)N1)c1cccnc1Oc1ccccc1. The number of nitrogens with one attached hydrogen (secondary N) is 2. The van der Waals surface area contributed by atoms with E-state index in [2.05, 4.69) is 46.2 Å². The maximum Gasteiger partial charge on any atom is 0.228 e. The van der Waals surface area contributed by atoms with Crippen molar-refractivity contribution in [2.24, 2.45) is 15.9 Å². The number of hydrogen-bond donors (Lipinski definition) is 2. The van der Waals surface area contributed by atoms with Crippen LogP contribution >= 0.6 is 11.8 Å². The van der Waals surface area contributed by atoms with Gasteiger partial charge in [-0.1, -0.05) is 32.0 Å². The number of nitrogens with zero attached hydrogens (tertiary/aromatic N) is 3. The van der Waals surface area contributed by atoms with Crippen LogP contribution in [0.5, 0.6) is 11.6 Å². The molecule has 7 heteroatoms. The zero-order valence-electron chi connectivity index (χ0n) is 16.1. The molecule has 2 heterocycles. The molecule has 0 bridgehead atoms. The fourth-order valence-corrected chi connectivity index (χ4v) is 3.29. The molecule has 3 rings (SSSR count). The maximum atomic E-state index is 5.92. The molecule has 1 aliphatic rings. The second-order valence-corrected chi connectivity index (χ2v) is 7.46. The molecule has 28 heavy (non-hydrogen) atoms. The lowest BCUT2D eigenvalue weighted by Crippen LogP contribution is -2.41. The summed E-state index contributed by atoms with van der Waals surface area (Å²) in [4.78, 5) is 13.0. The van der Waals surface area contributed by atoms with Crippen LogP contribution in [0.4, 0.5) is 0 Å². The Balaban J connectivity index is 1.61. The number of ether oxygens (including phenoxy) is 1. The molecule has 1 aromatic heterocycles. The lowest BCUT2D eigenvalue weighted by molar-refractivity contribution is 0.461. The van der Waals surface area contributed by atoms with Crippen molar-refractivity contribution in [2.45, 2.75) is 19.9 Å². The molecule has 0 spiro atoms. The summed E-state index contributed by atoms with van der Waals surface area (Å²) in [7, 11) is 0. The normalized spacial score (nSPS) is 16.5. The molecule has 1 atom stereocenters. The van der Waals surface area contributed by atoms with Crippen molar-refractivity contribution in [2.75, 3.05) is 12.4 Å². The summed E-state index contributed by atoms with van der Waals surface area (Å²) in [6.45, 7) is 8.90. The Labute approximate surface area is 170 Å². The van der Waals surface area contributed by atoms with Crippen molar-refractivity contribution in [3.05, 3.63) is 59.6 Å². The van der Waals surface area contributed by atoms with Gasteiger partial charge in [-0.3, -0.25) is 9.98 Å². The van der Waals surface area contributed by atoms with E-state index in [4.69, 9.17) is 4.74 Å². The quantitative estimate of drug-likeness (QED) is 0.399. The molecule has 0 radical (unpaired) electrons. The van der Waals surface area contributed by atoms with E-state index in [1.54, 1.807) is 18.0 Å². The van der Waals surface area contributed by atoms with E-state index in [1.165, 1.54) is 0 Å². The first-order valence-electron chi connectivity index (χ1n) is 9.19. The average Bonchev–Trinajstić information content (AvgIpc) is 3.19. The number of aromatic nitrogens is 1. The summed E-state index contributed by atoms with van der Waals surface area (Å²) in [6, 6.07) is 13.8. The van der Waals surface area contributed by atoms with Gasteiger partial charge in [-0.15, -0.1) is 11.8 Å². The van der Waals surface area contributed by atoms with Crippen LogP contribution in [0.15, 0.2) is 64.1 Å². The zero-order chi connectivity index (χ0) is 19.8. The van der Waals surface area contributed by atoms with Gasteiger partial charge in [0.25, 0.3) is 0 Å². The van der Waals surface area contributed by atoms with Crippen LogP contribution in [0.3, 0.4) is 0 Å². The number of aliphatic imine (C=N–C) groups is 2. The number of pyridine rings is 1. The van der Waals surface area contributed by atoms with Crippen LogP contribution in [-0.4, -0.2) is 36.1 Å². The molecular formula is C21H25N5OS. The predicted molar refractivity (Wildman–Crippen MR) is 118 cm³/mol. The molecule has 0 fully saturated rings. The highest BCUT2D eigenvalue weighted by Crippen LogP contribution is 2.29. The lowest BCUT2D eigenvalue weighted by atomic mass is 10.1. The summed E-state index contributed by atoms with van der Waals surface area (Å²) in [5.41, 5.74) is 1.51. The van der Waals surface area contributed by atoms with Crippen molar-refractivity contribution >= 4 is 30.1 Å². The first-order valence-corrected chi connectivity index (χ1v) is 10.2. The van der Waals surface area contributed by atoms with Crippen molar-refractivity contribution in [1.82, 2.24) is 15.6 Å². The molecule has 1 aliphatic heterocycles. The van der Waals surface area contributed by atoms with Gasteiger partial charge in [0, 0.05) is 6.20 Å². The Bertz CT molecular complexity index is 851. The summed E-state index contributed by atoms with van der Waals surface area (Å²) < 4.78 is 5.92. The molecule has 6 nitrogen and oxygen atoms in total. The Morgan fingerprint density at radius 3 is 2.89 bits per heavy atom. The number of para-hydroxylation sites is 1. The highest BCUT2D eigenvalue weighted by atomic mass is 32.2. The molecule has 1 unspecified atom stereocenters. The monoisotopic (exact) mass is 395 g/mol. The minimum Gasteiger partial charge on any atom is -0.438 e. The molecule has 1 aromatic carbocycles. The number of rotatable bonds is 8. The van der Waals surface area contributed by atoms with Crippen LogP contribution in [0.2, 0.25) is 0 Å². The van der Waals surface area contributed by atoms with Gasteiger partial charge in [-0.2, -0.15) is 0 Å². The Kier molecular flexibility index (Phi) is 7.08. The topological polar surface area (TPSA) is 70.9 Å². The number of guanidine groups is 1. The standard InChI is InChI=1S/C21H25N5OS/c1-15(2)18-12-24-21(26-18)25-14-28-13-19(22-3)17-10-7-11-23-20(17)27-16-8-5-4-6-9-16/h4-11,13,15,18H,3,12,14H2,1-2H3,(H2,24,25,26)/b19-13-. The van der Waals surface area contributed by atoms with E-state index in [0.717, 1.165) is 23.8 Å². The number of hydrogen-bond acceptors (Lipinski definition) is 7. The van der Waals surface area contributed by atoms with Gasteiger partial charge in [0.1, 0.15) is 5.75 Å². The molecule has 0 aliphatic carbocycles. The van der Waals surface area contributed by atoms with Gasteiger partial charge >= 0.3 is 0 Å². The van der Waals surface area contributed by atoms with Gasteiger partial charge in [-0.25, -0.2) is 4.98 Å². The van der Waals surface area contributed by atoms with Gasteiger partial charge in [-0.05, 0) is 42.3 Å². The Morgan fingerprint density at radius 1 is 1.36 bits per heavy atom. The van der Waals surface area contributed by atoms with Crippen LogP contribution in [0.1, 0.15) is 19.4 Å². The van der Waals surface area contributed by atoms with Gasteiger partial charge in [0.15, 0.2) is 5.96 Å². The first-order chi connectivity index (χ1) is 13.7. The molecule has 2 aromatic rings. The van der Waals surface area contributed by atoms with E-state index < -0.39 is 0 Å². The molecular weight excluding hydrogens is 370 g/mol. The zero-order valence-corrected chi connectivity index (χ0v) is 16.9. The smallest absolute Gasteiger partial charge is 0.228 e. The van der Waals surface area contributed by atoms with Crippen LogP contribution in [0.25, 0.3) is 5.70 Å². The Hall–Kier alpha value is -2.80. The fraction of sp³-hybridized carbons (Fsp3) is 0.286. The van der Waals surface area contributed by atoms with E-state index in [9.17, 15) is 0 Å². The fourth-order valence-electron chi connectivity index (χ4n) is 2.62. The third-order valence-corrected chi connectivity index (χ3v) is 4.97. The van der Waals surface area contributed by atoms with Crippen LogP contribution in [-0.2, 0) is 0 Å². The first kappa shape index (κ1) is 19.9. The second kappa shape index (κ2) is 9.94. The highest BCUT2D eigenvalue weighted by molar-refractivity contribution is 8.02. The number of benzene rings is 1. The van der Waals surface area contributed by atoms with E-state index >= 15 is 0 Å². The average molecular weight is 396 g/mol.